The van der Waals surface area contributed by atoms with Gasteiger partial charge in [-0.05, 0) is 31.0 Å². The number of hydrogen-bond acceptors (Lipinski definition) is 3. The summed E-state index contributed by atoms with van der Waals surface area (Å²) in [5.41, 5.74) is -0.0492. The van der Waals surface area contributed by atoms with Crippen molar-refractivity contribution in [2.24, 2.45) is 0 Å². The van der Waals surface area contributed by atoms with Crippen LogP contribution in [0.1, 0.15) is 37.0 Å². The third kappa shape index (κ3) is 5.24. The van der Waals surface area contributed by atoms with E-state index in [0.29, 0.717) is 4.47 Å². The van der Waals surface area contributed by atoms with E-state index >= 15 is 0 Å². The number of carbonyl (C=O) groups is 2. The molecule has 0 saturated heterocycles. The molecule has 7 heteroatoms. The van der Waals surface area contributed by atoms with Crippen molar-refractivity contribution < 1.29 is 18.9 Å². The molecular weight excluding hydrogens is 358 g/mol. The van der Waals surface area contributed by atoms with Gasteiger partial charge in [0.1, 0.15) is 5.75 Å². The van der Waals surface area contributed by atoms with Gasteiger partial charge in [0, 0.05) is 10.5 Å². The van der Waals surface area contributed by atoms with Crippen molar-refractivity contribution in [2.75, 3.05) is 5.75 Å². The third-order valence-corrected chi connectivity index (χ3v) is 4.88. The molecule has 0 aliphatic heterocycles. The summed E-state index contributed by atoms with van der Waals surface area (Å²) in [5, 5.41) is 11.9. The van der Waals surface area contributed by atoms with Crippen molar-refractivity contribution in [1.82, 2.24) is 5.32 Å². The number of nitrogens with one attached hydrogen (secondary N) is 1. The molecule has 116 valence electrons. The standard InChI is InChI=1S/C14H18BrNO4S/c1-3-10(4-2)16-13(17)8-21(20)12-7-9(15)5-6-11(12)14(18)19/h5-7,10H,3-4,8H2,1-2H3,(H,16,17)(H,18,19). The van der Waals surface area contributed by atoms with Crippen LogP contribution in [0.4, 0.5) is 0 Å². The van der Waals surface area contributed by atoms with Crippen LogP contribution in [-0.4, -0.2) is 33.0 Å². The number of benzene rings is 1. The SMILES string of the molecule is CCC(CC)NC(=O)CS(=O)c1cc(Br)ccc1C(=O)O. The highest BCUT2D eigenvalue weighted by molar-refractivity contribution is 9.10. The molecule has 0 aliphatic rings. The Labute approximate surface area is 134 Å². The maximum absolute atomic E-state index is 12.3. The maximum atomic E-state index is 12.3. The highest BCUT2D eigenvalue weighted by atomic mass is 79.9. The fourth-order valence-electron chi connectivity index (χ4n) is 1.82. The molecule has 2 N–H and O–H groups in total. The average molecular weight is 376 g/mol. The fourth-order valence-corrected chi connectivity index (χ4v) is 3.47. The summed E-state index contributed by atoms with van der Waals surface area (Å²) < 4.78 is 12.9. The highest BCUT2D eigenvalue weighted by Gasteiger charge is 2.19. The number of rotatable bonds is 7. The van der Waals surface area contributed by atoms with Crippen LogP contribution in [-0.2, 0) is 15.6 Å². The van der Waals surface area contributed by atoms with E-state index in [1.54, 1.807) is 6.07 Å². The molecule has 1 rings (SSSR count). The molecular formula is C14H18BrNO4S. The molecule has 1 aromatic rings. The van der Waals surface area contributed by atoms with Crippen molar-refractivity contribution in [3.63, 3.8) is 0 Å². The molecule has 0 aromatic heterocycles. The molecule has 5 nitrogen and oxygen atoms in total. The third-order valence-electron chi connectivity index (χ3n) is 3.03. The van der Waals surface area contributed by atoms with Gasteiger partial charge in [0.25, 0.3) is 0 Å². The number of amides is 1. The Balaban J connectivity index is 2.87. The van der Waals surface area contributed by atoms with Crippen molar-refractivity contribution in [1.29, 1.82) is 0 Å². The van der Waals surface area contributed by atoms with Crippen molar-refractivity contribution in [3.8, 4) is 0 Å². The summed E-state index contributed by atoms with van der Waals surface area (Å²) in [6, 6.07) is 4.47. The van der Waals surface area contributed by atoms with Gasteiger partial charge >= 0.3 is 5.97 Å². The van der Waals surface area contributed by atoms with Crippen LogP contribution in [0.2, 0.25) is 0 Å². The van der Waals surface area contributed by atoms with Crippen LogP contribution in [0.5, 0.6) is 0 Å². The maximum Gasteiger partial charge on any atom is 0.336 e. The summed E-state index contributed by atoms with van der Waals surface area (Å²) >= 11 is 3.21. The van der Waals surface area contributed by atoms with E-state index < -0.39 is 16.8 Å². The molecule has 0 heterocycles. The molecule has 21 heavy (non-hydrogen) atoms. The number of carbonyl (C=O) groups excluding carboxylic acids is 1. The van der Waals surface area contributed by atoms with Gasteiger partial charge in [-0.3, -0.25) is 9.00 Å². The van der Waals surface area contributed by atoms with Gasteiger partial charge < -0.3 is 10.4 Å². The summed E-state index contributed by atoms with van der Waals surface area (Å²) in [5.74, 6) is -1.74. The van der Waals surface area contributed by atoms with E-state index in [0.717, 1.165) is 12.8 Å². The van der Waals surface area contributed by atoms with Gasteiger partial charge in [-0.1, -0.05) is 29.8 Å². The van der Waals surface area contributed by atoms with Gasteiger partial charge in [-0.2, -0.15) is 0 Å². The monoisotopic (exact) mass is 375 g/mol. The Morgan fingerprint density at radius 2 is 1.95 bits per heavy atom. The number of carboxylic acids is 1. The minimum absolute atomic E-state index is 0.0492. The normalized spacial score (nSPS) is 12.2. The van der Waals surface area contributed by atoms with Gasteiger partial charge in [-0.25, -0.2) is 4.79 Å². The number of halogens is 1. The van der Waals surface area contributed by atoms with Crippen LogP contribution in [0.15, 0.2) is 27.6 Å². The Bertz CT molecular complexity index is 558. The highest BCUT2D eigenvalue weighted by Crippen LogP contribution is 2.20. The van der Waals surface area contributed by atoms with Crippen LogP contribution >= 0.6 is 15.9 Å². The Kier molecular flexibility index (Phi) is 7.04. The van der Waals surface area contributed by atoms with Gasteiger partial charge in [0.15, 0.2) is 0 Å². The molecule has 0 spiro atoms. The Morgan fingerprint density at radius 1 is 1.33 bits per heavy atom. The Morgan fingerprint density at radius 3 is 2.48 bits per heavy atom. The van der Waals surface area contributed by atoms with Crippen LogP contribution in [0.25, 0.3) is 0 Å². The minimum Gasteiger partial charge on any atom is -0.478 e. The predicted molar refractivity (Wildman–Crippen MR) is 84.9 cm³/mol. The van der Waals surface area contributed by atoms with Gasteiger partial charge in [0.2, 0.25) is 5.91 Å². The lowest BCUT2D eigenvalue weighted by atomic mass is 10.2. The summed E-state index contributed by atoms with van der Waals surface area (Å²) in [6.07, 6.45) is 1.60. The second kappa shape index (κ2) is 8.29. The van der Waals surface area contributed by atoms with Crippen molar-refractivity contribution >= 4 is 38.6 Å². The Hall–Kier alpha value is -1.21. The first-order valence-corrected chi connectivity index (χ1v) is 8.70. The van der Waals surface area contributed by atoms with E-state index in [1.807, 2.05) is 13.8 Å². The van der Waals surface area contributed by atoms with E-state index in [4.69, 9.17) is 5.11 Å². The van der Waals surface area contributed by atoms with E-state index in [9.17, 15) is 13.8 Å². The molecule has 0 saturated carbocycles. The molecule has 0 fully saturated rings. The fraction of sp³-hybridized carbons (Fsp3) is 0.429. The van der Waals surface area contributed by atoms with Gasteiger partial charge in [0.05, 0.1) is 21.3 Å². The number of carboxylic acid groups (broad SMARTS) is 1. The first-order chi connectivity index (χ1) is 9.88. The quantitative estimate of drug-likeness (QED) is 0.766. The van der Waals surface area contributed by atoms with Crippen LogP contribution < -0.4 is 5.32 Å². The van der Waals surface area contributed by atoms with E-state index in [-0.39, 0.29) is 28.2 Å². The minimum atomic E-state index is -1.70. The van der Waals surface area contributed by atoms with Gasteiger partial charge in [-0.15, -0.1) is 0 Å². The summed E-state index contributed by atoms with van der Waals surface area (Å²) in [6.45, 7) is 3.92. The van der Waals surface area contributed by atoms with E-state index in [2.05, 4.69) is 21.2 Å². The number of hydrogen-bond donors (Lipinski definition) is 2. The molecule has 1 amide bonds. The molecule has 1 atom stereocenters. The molecule has 0 bridgehead atoms. The lowest BCUT2D eigenvalue weighted by Crippen LogP contribution is -2.36. The zero-order chi connectivity index (χ0) is 16.0. The topological polar surface area (TPSA) is 83.5 Å². The second-order valence-corrected chi connectivity index (χ2v) is 6.85. The predicted octanol–water partition coefficient (Wildman–Crippen LogP) is 2.56. The molecule has 0 aliphatic carbocycles. The zero-order valence-corrected chi connectivity index (χ0v) is 14.3. The second-order valence-electron chi connectivity index (χ2n) is 4.52. The first-order valence-electron chi connectivity index (χ1n) is 6.59. The zero-order valence-electron chi connectivity index (χ0n) is 11.9. The number of aromatic carboxylic acids is 1. The molecule has 1 unspecified atom stereocenters. The van der Waals surface area contributed by atoms with Crippen molar-refractivity contribution in [3.05, 3.63) is 28.2 Å². The summed E-state index contributed by atoms with van der Waals surface area (Å²) in [7, 11) is -1.70. The summed E-state index contributed by atoms with van der Waals surface area (Å²) in [4.78, 5) is 23.2. The lowest BCUT2D eigenvalue weighted by Gasteiger charge is -2.14. The van der Waals surface area contributed by atoms with E-state index in [1.165, 1.54) is 12.1 Å². The molecule has 1 aromatic carbocycles. The lowest BCUT2D eigenvalue weighted by molar-refractivity contribution is -0.119. The largest absolute Gasteiger partial charge is 0.478 e. The smallest absolute Gasteiger partial charge is 0.336 e. The van der Waals surface area contributed by atoms with Crippen LogP contribution in [0.3, 0.4) is 0 Å². The molecule has 0 radical (unpaired) electrons. The van der Waals surface area contributed by atoms with Crippen LogP contribution in [0, 0.1) is 0 Å². The average Bonchev–Trinajstić information content (AvgIpc) is 2.44. The van der Waals surface area contributed by atoms with Crippen molar-refractivity contribution in [2.45, 2.75) is 37.6 Å². The first kappa shape index (κ1) is 17.8.